The monoisotopic (exact) mass is 493 g/mol. The first-order chi connectivity index (χ1) is 15.8. The van der Waals surface area contributed by atoms with Gasteiger partial charge in [-0.1, -0.05) is 18.2 Å². The molecule has 0 aliphatic heterocycles. The quantitative estimate of drug-likeness (QED) is 0.403. The number of carbonyl (C=O) groups excluding carboxylic acids is 1. The van der Waals surface area contributed by atoms with Crippen molar-refractivity contribution in [3.8, 4) is 5.75 Å². The Morgan fingerprint density at radius 2 is 1.65 bits per heavy atom. The van der Waals surface area contributed by atoms with Crippen molar-refractivity contribution in [3.05, 3.63) is 65.0 Å². The molecule has 0 aliphatic carbocycles. The van der Waals surface area contributed by atoms with Crippen LogP contribution in [0.15, 0.2) is 52.9 Å². The number of carboxylic acids is 1. The molecule has 184 valence electrons. The maximum Gasteiger partial charge on any atom is 0.335 e. The molecule has 2 N–H and O–H groups in total. The second-order valence-corrected chi connectivity index (χ2v) is 10.1. The number of benzene rings is 2. The van der Waals surface area contributed by atoms with Gasteiger partial charge in [0.15, 0.2) is 11.6 Å². The van der Waals surface area contributed by atoms with Gasteiger partial charge in [-0.3, -0.25) is 4.79 Å². The summed E-state index contributed by atoms with van der Waals surface area (Å²) in [6.07, 6.45) is -0.687. The molecule has 0 saturated carbocycles. The summed E-state index contributed by atoms with van der Waals surface area (Å²) in [5.74, 6) is -2.91. The van der Waals surface area contributed by atoms with Gasteiger partial charge in [0.05, 0.1) is 30.6 Å². The Morgan fingerprint density at radius 3 is 2.12 bits per heavy atom. The Hall–Kier alpha value is -3.24. The normalized spacial score (nSPS) is 12.6. The third-order valence-corrected chi connectivity index (χ3v) is 6.26. The molecule has 0 amide bonds. The van der Waals surface area contributed by atoms with Crippen LogP contribution in [0, 0.1) is 5.82 Å². The number of hydrogen-bond donors (Lipinski definition) is 2. The van der Waals surface area contributed by atoms with Crippen molar-refractivity contribution in [1.82, 2.24) is 4.72 Å². The predicted octanol–water partition coefficient (Wildman–Crippen LogP) is 3.75. The molecule has 0 aliphatic rings. The second kappa shape index (κ2) is 10.8. The largest absolute Gasteiger partial charge is 0.494 e. The molecule has 8 nitrogen and oxygen atoms in total. The number of aliphatic carboxylic acids is 1. The molecule has 0 radical (unpaired) electrons. The Labute approximate surface area is 198 Å². The molecular weight excluding hydrogens is 465 g/mol. The Kier molecular flexibility index (Phi) is 8.57. The van der Waals surface area contributed by atoms with Gasteiger partial charge in [0.25, 0.3) is 0 Å². The Balaban J connectivity index is 2.74. The maximum absolute atomic E-state index is 14.5. The number of carboxylic acid groups (broad SMARTS) is 1. The van der Waals surface area contributed by atoms with Gasteiger partial charge < -0.3 is 14.6 Å². The van der Waals surface area contributed by atoms with E-state index in [2.05, 4.69) is 4.72 Å². The van der Waals surface area contributed by atoms with Crippen molar-refractivity contribution in [2.45, 2.75) is 44.6 Å². The highest BCUT2D eigenvalue weighted by Gasteiger charge is 2.25. The highest BCUT2D eigenvalue weighted by Crippen LogP contribution is 2.32. The smallest absolute Gasteiger partial charge is 0.335 e. The summed E-state index contributed by atoms with van der Waals surface area (Å²) in [5.41, 5.74) is -0.297. The van der Waals surface area contributed by atoms with Crippen LogP contribution in [0.5, 0.6) is 5.75 Å². The van der Waals surface area contributed by atoms with Gasteiger partial charge in [-0.05, 0) is 63.1 Å². The number of esters is 1. The molecule has 0 heterocycles. The number of sulfonamides is 1. The third kappa shape index (κ3) is 6.88. The van der Waals surface area contributed by atoms with E-state index in [1.54, 1.807) is 27.7 Å². The van der Waals surface area contributed by atoms with Crippen molar-refractivity contribution in [2.24, 2.45) is 0 Å². The van der Waals surface area contributed by atoms with Crippen LogP contribution in [-0.2, 0) is 24.3 Å². The highest BCUT2D eigenvalue weighted by atomic mass is 32.2. The standard InChI is InChI=1S/C24H28FNO7S/c1-6-33-23(29)18(14-21(27)28)22(16-9-12-20(32-5)19(25)13-16)15-7-10-17(11-8-15)34(30,31)26-24(2,3)4/h7-13,26H,6,14H2,1-5H3,(H,27,28)/b22-18+. The summed E-state index contributed by atoms with van der Waals surface area (Å²) in [6, 6.07) is 9.44. The van der Waals surface area contributed by atoms with E-state index in [-0.39, 0.29) is 34.0 Å². The van der Waals surface area contributed by atoms with Crippen LogP contribution in [0.4, 0.5) is 4.39 Å². The number of methoxy groups -OCH3 is 1. The van der Waals surface area contributed by atoms with Crippen LogP contribution in [-0.4, -0.2) is 44.7 Å². The molecule has 0 unspecified atom stereocenters. The lowest BCUT2D eigenvalue weighted by molar-refractivity contribution is -0.142. The summed E-state index contributed by atoms with van der Waals surface area (Å²) in [4.78, 5) is 24.2. The number of ether oxygens (including phenoxy) is 2. The van der Waals surface area contributed by atoms with Gasteiger partial charge in [-0.2, -0.15) is 0 Å². The zero-order chi connectivity index (χ0) is 25.7. The predicted molar refractivity (Wildman–Crippen MR) is 124 cm³/mol. The van der Waals surface area contributed by atoms with E-state index in [4.69, 9.17) is 9.47 Å². The Morgan fingerprint density at radius 1 is 1.06 bits per heavy atom. The van der Waals surface area contributed by atoms with Gasteiger partial charge in [0, 0.05) is 11.1 Å². The minimum Gasteiger partial charge on any atom is -0.494 e. The number of hydrogen-bond acceptors (Lipinski definition) is 6. The molecule has 34 heavy (non-hydrogen) atoms. The van der Waals surface area contributed by atoms with Crippen molar-refractivity contribution in [2.75, 3.05) is 13.7 Å². The average molecular weight is 494 g/mol. The summed E-state index contributed by atoms with van der Waals surface area (Å²) in [7, 11) is -2.53. The molecule has 2 aromatic rings. The zero-order valence-corrected chi connectivity index (χ0v) is 20.5. The first kappa shape index (κ1) is 27.0. The fraction of sp³-hybridized carbons (Fsp3) is 0.333. The summed E-state index contributed by atoms with van der Waals surface area (Å²) in [5, 5.41) is 9.42. The van der Waals surface area contributed by atoms with Crippen LogP contribution in [0.2, 0.25) is 0 Å². The van der Waals surface area contributed by atoms with E-state index in [9.17, 15) is 27.5 Å². The molecule has 2 rings (SSSR count). The van der Waals surface area contributed by atoms with Crippen LogP contribution >= 0.6 is 0 Å². The molecule has 2 aromatic carbocycles. The van der Waals surface area contributed by atoms with Crippen molar-refractivity contribution in [3.63, 3.8) is 0 Å². The maximum atomic E-state index is 14.5. The molecule has 0 aromatic heterocycles. The lowest BCUT2D eigenvalue weighted by Gasteiger charge is -2.20. The fourth-order valence-corrected chi connectivity index (χ4v) is 4.65. The van der Waals surface area contributed by atoms with Gasteiger partial charge in [0.2, 0.25) is 10.0 Å². The zero-order valence-electron chi connectivity index (χ0n) is 19.6. The molecule has 0 atom stereocenters. The van der Waals surface area contributed by atoms with Crippen molar-refractivity contribution < 1.29 is 37.0 Å². The SMILES string of the molecule is CCOC(=O)/C(CC(=O)O)=C(\c1ccc(S(=O)(=O)NC(C)(C)C)cc1)c1ccc(OC)c(F)c1. The fourth-order valence-electron chi connectivity index (χ4n) is 3.23. The summed E-state index contributed by atoms with van der Waals surface area (Å²) >= 11 is 0. The van der Waals surface area contributed by atoms with Crippen molar-refractivity contribution in [1.29, 1.82) is 0 Å². The molecular formula is C24H28FNO7S. The van der Waals surface area contributed by atoms with Gasteiger partial charge >= 0.3 is 11.9 Å². The van der Waals surface area contributed by atoms with Crippen molar-refractivity contribution >= 4 is 27.5 Å². The summed E-state index contributed by atoms with van der Waals surface area (Å²) in [6.45, 7) is 6.69. The molecule has 0 spiro atoms. The topological polar surface area (TPSA) is 119 Å². The molecule has 0 fully saturated rings. The number of rotatable bonds is 9. The van der Waals surface area contributed by atoms with Crippen LogP contribution in [0.1, 0.15) is 45.2 Å². The summed E-state index contributed by atoms with van der Waals surface area (Å²) < 4.78 is 52.3. The Bertz CT molecular complexity index is 1200. The van der Waals surface area contributed by atoms with E-state index in [1.807, 2.05) is 0 Å². The van der Waals surface area contributed by atoms with Crippen LogP contribution < -0.4 is 9.46 Å². The average Bonchev–Trinajstić information content (AvgIpc) is 2.72. The highest BCUT2D eigenvalue weighted by molar-refractivity contribution is 7.89. The minimum absolute atomic E-state index is 0.00185. The van der Waals surface area contributed by atoms with E-state index in [1.165, 1.54) is 43.5 Å². The number of carbonyl (C=O) groups is 2. The number of nitrogens with one attached hydrogen (secondary N) is 1. The van der Waals surface area contributed by atoms with Crippen LogP contribution in [0.25, 0.3) is 5.57 Å². The van der Waals surface area contributed by atoms with E-state index in [0.29, 0.717) is 5.56 Å². The van der Waals surface area contributed by atoms with Crippen LogP contribution in [0.3, 0.4) is 0 Å². The first-order valence-corrected chi connectivity index (χ1v) is 11.9. The third-order valence-electron chi connectivity index (χ3n) is 4.49. The number of halogens is 1. The minimum atomic E-state index is -3.83. The molecule has 0 bridgehead atoms. The second-order valence-electron chi connectivity index (χ2n) is 8.37. The van der Waals surface area contributed by atoms with Gasteiger partial charge in [0.1, 0.15) is 0 Å². The molecule has 0 saturated heterocycles. The first-order valence-electron chi connectivity index (χ1n) is 10.4. The van der Waals surface area contributed by atoms with E-state index in [0.717, 1.165) is 6.07 Å². The van der Waals surface area contributed by atoms with Gasteiger partial charge in [-0.15, -0.1) is 0 Å². The lowest BCUT2D eigenvalue weighted by atomic mass is 9.91. The van der Waals surface area contributed by atoms with E-state index < -0.39 is 39.7 Å². The van der Waals surface area contributed by atoms with Gasteiger partial charge in [-0.25, -0.2) is 22.3 Å². The van der Waals surface area contributed by atoms with E-state index >= 15 is 0 Å². The lowest BCUT2D eigenvalue weighted by Crippen LogP contribution is -2.40. The molecule has 10 heteroatoms.